The van der Waals surface area contributed by atoms with Crippen LogP contribution in [0.3, 0.4) is 0 Å². The van der Waals surface area contributed by atoms with E-state index in [9.17, 15) is 10.1 Å². The van der Waals surface area contributed by atoms with Crippen LogP contribution in [0.5, 0.6) is 5.75 Å². The highest BCUT2D eigenvalue weighted by atomic mass is 79.9. The number of benzene rings is 1. The lowest BCUT2D eigenvalue weighted by molar-refractivity contribution is -0.385. The second kappa shape index (κ2) is 4.51. The number of hydrogen-bond acceptors (Lipinski definition) is 4. The lowest BCUT2D eigenvalue weighted by Crippen LogP contribution is -2.60. The van der Waals surface area contributed by atoms with Gasteiger partial charge in [0.15, 0.2) is 0 Å². The quantitative estimate of drug-likeness (QED) is 0.687. The first-order chi connectivity index (χ1) is 8.34. The Morgan fingerprint density at radius 3 is 2.72 bits per heavy atom. The fourth-order valence-electron chi connectivity index (χ4n) is 2.00. The number of rotatable bonds is 3. The average Bonchev–Trinajstić information content (AvgIpc) is 2.30. The lowest BCUT2D eigenvalue weighted by atomic mass is 9.65. The molecule has 1 aromatic carbocycles. The van der Waals surface area contributed by atoms with E-state index in [1.807, 2.05) is 13.8 Å². The van der Waals surface area contributed by atoms with Gasteiger partial charge < -0.3 is 10.5 Å². The molecule has 0 spiro atoms. The third-order valence-corrected chi connectivity index (χ3v) is 4.46. The van der Waals surface area contributed by atoms with Gasteiger partial charge in [-0.15, -0.1) is 0 Å². The molecule has 1 aliphatic rings. The molecule has 2 atom stereocenters. The summed E-state index contributed by atoms with van der Waals surface area (Å²) in [4.78, 5) is 10.4. The van der Waals surface area contributed by atoms with E-state index in [2.05, 4.69) is 15.9 Å². The van der Waals surface area contributed by atoms with E-state index < -0.39 is 4.92 Å². The van der Waals surface area contributed by atoms with Gasteiger partial charge in [-0.1, -0.05) is 19.9 Å². The molecule has 0 saturated heterocycles. The topological polar surface area (TPSA) is 78.4 Å². The Balaban J connectivity index is 2.21. The van der Waals surface area contributed by atoms with E-state index in [-0.39, 0.29) is 23.2 Å². The van der Waals surface area contributed by atoms with Gasteiger partial charge in [0.05, 0.1) is 4.92 Å². The first kappa shape index (κ1) is 13.3. The molecule has 5 nitrogen and oxygen atoms in total. The van der Waals surface area contributed by atoms with Gasteiger partial charge in [-0.2, -0.15) is 0 Å². The van der Waals surface area contributed by atoms with Gasteiger partial charge in [0, 0.05) is 23.9 Å². The Labute approximate surface area is 114 Å². The molecule has 6 heteroatoms. The van der Waals surface area contributed by atoms with Crippen molar-refractivity contribution >= 4 is 21.6 Å². The number of nitro benzene ring substituents is 1. The summed E-state index contributed by atoms with van der Waals surface area (Å²) in [6.07, 6.45) is 0.757. The maximum absolute atomic E-state index is 10.8. The summed E-state index contributed by atoms with van der Waals surface area (Å²) < 4.78 is 6.21. The van der Waals surface area contributed by atoms with Crippen molar-refractivity contribution in [2.45, 2.75) is 32.4 Å². The number of halogens is 1. The molecule has 0 radical (unpaired) electrons. The Morgan fingerprint density at radius 1 is 1.56 bits per heavy atom. The molecule has 1 aliphatic carbocycles. The van der Waals surface area contributed by atoms with Crippen molar-refractivity contribution in [1.29, 1.82) is 0 Å². The van der Waals surface area contributed by atoms with Gasteiger partial charge in [-0.25, -0.2) is 0 Å². The van der Waals surface area contributed by atoms with Crippen LogP contribution in [0.4, 0.5) is 5.69 Å². The SMILES string of the molecule is CC1(C)C(N)CC1Oc1cccc([N+](=O)[O-])c1Br. The maximum atomic E-state index is 10.8. The molecule has 0 aromatic heterocycles. The highest BCUT2D eigenvalue weighted by Gasteiger charge is 2.48. The third kappa shape index (κ3) is 2.10. The van der Waals surface area contributed by atoms with Crippen molar-refractivity contribution < 1.29 is 9.66 Å². The largest absolute Gasteiger partial charge is 0.488 e. The smallest absolute Gasteiger partial charge is 0.287 e. The minimum atomic E-state index is -0.436. The van der Waals surface area contributed by atoms with Gasteiger partial charge in [-0.05, 0) is 22.0 Å². The van der Waals surface area contributed by atoms with Crippen LogP contribution in [0.15, 0.2) is 22.7 Å². The Hall–Kier alpha value is -1.14. The van der Waals surface area contributed by atoms with Crippen LogP contribution in [0.25, 0.3) is 0 Å². The summed E-state index contributed by atoms with van der Waals surface area (Å²) in [7, 11) is 0. The Morgan fingerprint density at radius 2 is 2.22 bits per heavy atom. The van der Waals surface area contributed by atoms with Crippen LogP contribution in [0, 0.1) is 15.5 Å². The molecule has 1 saturated carbocycles. The molecular weight excluding hydrogens is 300 g/mol. The minimum absolute atomic E-state index is 0.00827. The number of nitrogens with zero attached hydrogens (tertiary/aromatic N) is 1. The van der Waals surface area contributed by atoms with E-state index >= 15 is 0 Å². The molecule has 2 unspecified atom stereocenters. The van der Waals surface area contributed by atoms with Gasteiger partial charge in [0.25, 0.3) is 5.69 Å². The number of nitro groups is 1. The van der Waals surface area contributed by atoms with E-state index in [4.69, 9.17) is 10.5 Å². The summed E-state index contributed by atoms with van der Waals surface area (Å²) in [5.41, 5.74) is 5.82. The number of hydrogen-bond donors (Lipinski definition) is 1. The normalized spacial score (nSPS) is 25.3. The lowest BCUT2D eigenvalue weighted by Gasteiger charge is -2.49. The fourth-order valence-corrected chi connectivity index (χ4v) is 2.50. The average molecular weight is 315 g/mol. The number of nitrogens with two attached hydrogens (primary N) is 1. The first-order valence-electron chi connectivity index (χ1n) is 5.69. The van der Waals surface area contributed by atoms with Crippen molar-refractivity contribution in [3.05, 3.63) is 32.8 Å². The zero-order valence-corrected chi connectivity index (χ0v) is 11.8. The molecule has 0 amide bonds. The predicted octanol–water partition coefficient (Wildman–Crippen LogP) is 2.86. The van der Waals surface area contributed by atoms with Crippen molar-refractivity contribution in [1.82, 2.24) is 0 Å². The van der Waals surface area contributed by atoms with E-state index in [1.54, 1.807) is 12.1 Å². The molecular formula is C12H15BrN2O3. The highest BCUT2D eigenvalue weighted by molar-refractivity contribution is 9.10. The van der Waals surface area contributed by atoms with E-state index in [1.165, 1.54) is 6.07 Å². The zero-order chi connectivity index (χ0) is 13.5. The Kier molecular flexibility index (Phi) is 3.33. The summed E-state index contributed by atoms with van der Waals surface area (Å²) in [6, 6.07) is 4.88. The van der Waals surface area contributed by atoms with Crippen LogP contribution >= 0.6 is 15.9 Å². The van der Waals surface area contributed by atoms with Gasteiger partial charge in [-0.3, -0.25) is 10.1 Å². The van der Waals surface area contributed by atoms with Crippen LogP contribution in [0.2, 0.25) is 0 Å². The number of ether oxygens (including phenoxy) is 1. The van der Waals surface area contributed by atoms with Crippen molar-refractivity contribution in [3.8, 4) is 5.75 Å². The summed E-state index contributed by atoms with van der Waals surface area (Å²) in [5, 5.41) is 10.8. The molecule has 98 valence electrons. The monoisotopic (exact) mass is 314 g/mol. The van der Waals surface area contributed by atoms with Crippen molar-refractivity contribution in [3.63, 3.8) is 0 Å². The fraction of sp³-hybridized carbons (Fsp3) is 0.500. The summed E-state index contributed by atoms with van der Waals surface area (Å²) in [6.45, 7) is 4.08. The standard InChI is InChI=1S/C12H15BrN2O3/c1-12(2)9(14)6-10(12)18-8-5-3-4-7(11(8)13)15(16)17/h3-5,9-10H,6,14H2,1-2H3. The molecule has 1 fully saturated rings. The van der Waals surface area contributed by atoms with E-state index in [0.29, 0.717) is 10.2 Å². The van der Waals surface area contributed by atoms with Crippen LogP contribution < -0.4 is 10.5 Å². The second-order valence-corrected chi connectivity index (χ2v) is 5.91. The first-order valence-corrected chi connectivity index (χ1v) is 6.48. The van der Waals surface area contributed by atoms with Crippen LogP contribution in [-0.2, 0) is 0 Å². The van der Waals surface area contributed by atoms with Gasteiger partial charge >= 0.3 is 0 Å². The molecule has 2 rings (SSSR count). The van der Waals surface area contributed by atoms with Crippen molar-refractivity contribution in [2.75, 3.05) is 0 Å². The van der Waals surface area contributed by atoms with Crippen LogP contribution in [-0.4, -0.2) is 17.1 Å². The zero-order valence-electron chi connectivity index (χ0n) is 10.2. The molecule has 18 heavy (non-hydrogen) atoms. The molecule has 0 bridgehead atoms. The summed E-state index contributed by atoms with van der Waals surface area (Å²) in [5.74, 6) is 0.495. The minimum Gasteiger partial charge on any atom is -0.488 e. The summed E-state index contributed by atoms with van der Waals surface area (Å²) >= 11 is 3.22. The molecule has 2 N–H and O–H groups in total. The predicted molar refractivity (Wildman–Crippen MR) is 71.6 cm³/mol. The highest BCUT2D eigenvalue weighted by Crippen LogP contribution is 2.44. The second-order valence-electron chi connectivity index (χ2n) is 5.12. The van der Waals surface area contributed by atoms with Crippen molar-refractivity contribution in [2.24, 2.45) is 11.1 Å². The molecule has 0 heterocycles. The maximum Gasteiger partial charge on any atom is 0.287 e. The van der Waals surface area contributed by atoms with E-state index in [0.717, 1.165) is 6.42 Å². The third-order valence-electron chi connectivity index (χ3n) is 3.66. The molecule has 0 aliphatic heterocycles. The molecule has 1 aromatic rings. The van der Waals surface area contributed by atoms with Gasteiger partial charge in [0.1, 0.15) is 16.3 Å². The van der Waals surface area contributed by atoms with Crippen LogP contribution in [0.1, 0.15) is 20.3 Å². The van der Waals surface area contributed by atoms with Gasteiger partial charge in [0.2, 0.25) is 0 Å². The Bertz CT molecular complexity index is 490.